The number of carbonyl (C=O) groups is 1. The fourth-order valence-electron chi connectivity index (χ4n) is 1.02. The molecule has 0 aromatic carbocycles. The largest absolute Gasteiger partial charge is 0.390 e. The standard InChI is InChI=1S/C9H17F2NO3/c1-7(4-15-2)3-8(14)12-5-9(10,11)6-13/h7,13H,3-6H2,1-2H3,(H,12,14). The van der Waals surface area contributed by atoms with E-state index < -0.39 is 25.0 Å². The van der Waals surface area contributed by atoms with Gasteiger partial charge in [-0.15, -0.1) is 0 Å². The fraction of sp³-hybridized carbons (Fsp3) is 0.889. The summed E-state index contributed by atoms with van der Waals surface area (Å²) in [4.78, 5) is 11.1. The molecule has 0 aliphatic heterocycles. The number of ether oxygens (including phenoxy) is 1. The number of rotatable bonds is 7. The Morgan fingerprint density at radius 1 is 1.60 bits per heavy atom. The Labute approximate surface area is 87.6 Å². The summed E-state index contributed by atoms with van der Waals surface area (Å²) in [6.07, 6.45) is 0.134. The summed E-state index contributed by atoms with van der Waals surface area (Å²) < 4.78 is 29.8. The molecule has 0 aliphatic rings. The van der Waals surface area contributed by atoms with Gasteiger partial charge in [0.05, 0.1) is 6.54 Å². The van der Waals surface area contributed by atoms with Crippen molar-refractivity contribution >= 4 is 5.91 Å². The van der Waals surface area contributed by atoms with Crippen LogP contribution in [0.4, 0.5) is 8.78 Å². The number of aliphatic hydroxyl groups is 1. The van der Waals surface area contributed by atoms with Crippen LogP contribution in [-0.4, -0.2) is 43.8 Å². The van der Waals surface area contributed by atoms with Crippen LogP contribution in [-0.2, 0) is 9.53 Å². The molecule has 0 aromatic heterocycles. The maximum Gasteiger partial charge on any atom is 0.287 e. The van der Waals surface area contributed by atoms with Gasteiger partial charge in [-0.1, -0.05) is 6.92 Å². The van der Waals surface area contributed by atoms with Crippen molar-refractivity contribution in [3.8, 4) is 0 Å². The van der Waals surface area contributed by atoms with Crippen molar-refractivity contribution in [1.82, 2.24) is 5.32 Å². The third-order valence-corrected chi connectivity index (χ3v) is 1.76. The van der Waals surface area contributed by atoms with E-state index in [1.807, 2.05) is 0 Å². The summed E-state index contributed by atoms with van der Waals surface area (Å²) in [7, 11) is 1.51. The van der Waals surface area contributed by atoms with Crippen molar-refractivity contribution in [2.75, 3.05) is 26.9 Å². The maximum atomic E-state index is 12.5. The zero-order valence-electron chi connectivity index (χ0n) is 8.93. The highest BCUT2D eigenvalue weighted by Crippen LogP contribution is 2.10. The van der Waals surface area contributed by atoms with Gasteiger partial charge in [0.15, 0.2) is 0 Å². The van der Waals surface area contributed by atoms with Crippen molar-refractivity contribution in [1.29, 1.82) is 0 Å². The van der Waals surface area contributed by atoms with Crippen LogP contribution in [0.15, 0.2) is 0 Å². The van der Waals surface area contributed by atoms with Crippen molar-refractivity contribution in [3.63, 3.8) is 0 Å². The second-order valence-electron chi connectivity index (χ2n) is 3.56. The second-order valence-corrected chi connectivity index (χ2v) is 3.56. The molecule has 1 atom stereocenters. The van der Waals surface area contributed by atoms with Gasteiger partial charge < -0.3 is 15.2 Å². The Bertz CT molecular complexity index is 200. The van der Waals surface area contributed by atoms with Gasteiger partial charge in [-0.25, -0.2) is 8.78 Å². The van der Waals surface area contributed by atoms with E-state index >= 15 is 0 Å². The fourth-order valence-corrected chi connectivity index (χ4v) is 1.02. The molecule has 1 unspecified atom stereocenters. The SMILES string of the molecule is COCC(C)CC(=O)NCC(F)(F)CO. The van der Waals surface area contributed by atoms with Crippen LogP contribution in [0.25, 0.3) is 0 Å². The molecule has 0 bridgehead atoms. The number of hydrogen-bond donors (Lipinski definition) is 2. The van der Waals surface area contributed by atoms with E-state index in [2.05, 4.69) is 5.32 Å². The number of carbonyl (C=O) groups excluding carboxylic acids is 1. The van der Waals surface area contributed by atoms with Crippen LogP contribution >= 0.6 is 0 Å². The number of nitrogens with one attached hydrogen (secondary N) is 1. The van der Waals surface area contributed by atoms with Crippen LogP contribution in [0.1, 0.15) is 13.3 Å². The molecule has 1 amide bonds. The van der Waals surface area contributed by atoms with E-state index in [0.29, 0.717) is 6.61 Å². The number of aliphatic hydroxyl groups excluding tert-OH is 1. The van der Waals surface area contributed by atoms with E-state index in [-0.39, 0.29) is 12.3 Å². The molecule has 90 valence electrons. The first-order valence-electron chi connectivity index (χ1n) is 4.65. The molecule has 0 saturated heterocycles. The highest BCUT2D eigenvalue weighted by atomic mass is 19.3. The minimum Gasteiger partial charge on any atom is -0.390 e. The molecule has 0 aliphatic carbocycles. The zero-order valence-corrected chi connectivity index (χ0v) is 8.93. The molecular weight excluding hydrogens is 208 g/mol. The van der Waals surface area contributed by atoms with Crippen molar-refractivity contribution < 1.29 is 23.4 Å². The van der Waals surface area contributed by atoms with Gasteiger partial charge in [0.1, 0.15) is 6.61 Å². The van der Waals surface area contributed by atoms with Gasteiger partial charge in [-0.05, 0) is 5.92 Å². The number of alkyl halides is 2. The van der Waals surface area contributed by atoms with Crippen LogP contribution in [0.2, 0.25) is 0 Å². The van der Waals surface area contributed by atoms with Crippen molar-refractivity contribution in [2.45, 2.75) is 19.3 Å². The lowest BCUT2D eigenvalue weighted by molar-refractivity contribution is -0.125. The average molecular weight is 225 g/mol. The molecule has 6 heteroatoms. The first-order valence-corrected chi connectivity index (χ1v) is 4.65. The second kappa shape index (κ2) is 6.68. The highest BCUT2D eigenvalue weighted by Gasteiger charge is 2.28. The predicted molar refractivity (Wildman–Crippen MR) is 50.7 cm³/mol. The quantitative estimate of drug-likeness (QED) is 0.659. The summed E-state index contributed by atoms with van der Waals surface area (Å²) in [5.74, 6) is -3.73. The molecule has 4 nitrogen and oxygen atoms in total. The van der Waals surface area contributed by atoms with Gasteiger partial charge in [-0.2, -0.15) is 0 Å². The Hall–Kier alpha value is -0.750. The van der Waals surface area contributed by atoms with E-state index in [1.165, 1.54) is 7.11 Å². The zero-order chi connectivity index (χ0) is 11.9. The molecule has 0 heterocycles. The maximum absolute atomic E-state index is 12.5. The lowest BCUT2D eigenvalue weighted by Crippen LogP contribution is -2.39. The first kappa shape index (κ1) is 14.2. The third-order valence-electron chi connectivity index (χ3n) is 1.76. The monoisotopic (exact) mass is 225 g/mol. The smallest absolute Gasteiger partial charge is 0.287 e. The van der Waals surface area contributed by atoms with Crippen molar-refractivity contribution in [2.24, 2.45) is 5.92 Å². The average Bonchev–Trinajstić information content (AvgIpc) is 2.15. The summed E-state index contributed by atoms with van der Waals surface area (Å²) >= 11 is 0. The van der Waals surface area contributed by atoms with Gasteiger partial charge in [0.25, 0.3) is 5.92 Å². The van der Waals surface area contributed by atoms with Crippen LogP contribution in [0.3, 0.4) is 0 Å². The van der Waals surface area contributed by atoms with Crippen LogP contribution in [0.5, 0.6) is 0 Å². The number of halogens is 2. The van der Waals surface area contributed by atoms with Crippen molar-refractivity contribution in [3.05, 3.63) is 0 Å². The molecule has 15 heavy (non-hydrogen) atoms. The Balaban J connectivity index is 3.75. The molecule has 0 aromatic rings. The third kappa shape index (κ3) is 7.21. The lowest BCUT2D eigenvalue weighted by atomic mass is 10.1. The molecule has 0 spiro atoms. The Morgan fingerprint density at radius 3 is 2.67 bits per heavy atom. The van der Waals surface area contributed by atoms with E-state index in [4.69, 9.17) is 9.84 Å². The molecule has 0 radical (unpaired) electrons. The molecule has 0 rings (SSSR count). The summed E-state index contributed by atoms with van der Waals surface area (Å²) in [6.45, 7) is 0.0972. The normalized spacial score (nSPS) is 13.7. The summed E-state index contributed by atoms with van der Waals surface area (Å²) in [5.41, 5.74) is 0. The van der Waals surface area contributed by atoms with E-state index in [1.54, 1.807) is 6.92 Å². The Morgan fingerprint density at radius 2 is 2.20 bits per heavy atom. The predicted octanol–water partition coefficient (Wildman–Crippen LogP) is 0.403. The topological polar surface area (TPSA) is 58.6 Å². The number of methoxy groups -OCH3 is 1. The van der Waals surface area contributed by atoms with Gasteiger partial charge in [-0.3, -0.25) is 4.79 Å². The number of hydrogen-bond acceptors (Lipinski definition) is 3. The minimum absolute atomic E-state index is 0.0160. The first-order chi connectivity index (χ1) is 6.91. The Kier molecular flexibility index (Phi) is 6.35. The highest BCUT2D eigenvalue weighted by molar-refractivity contribution is 5.76. The van der Waals surface area contributed by atoms with Gasteiger partial charge in [0.2, 0.25) is 5.91 Å². The van der Waals surface area contributed by atoms with Crippen LogP contribution < -0.4 is 5.32 Å². The van der Waals surface area contributed by atoms with E-state index in [9.17, 15) is 13.6 Å². The van der Waals surface area contributed by atoms with Gasteiger partial charge >= 0.3 is 0 Å². The number of amides is 1. The molecule has 0 saturated carbocycles. The molecule has 2 N–H and O–H groups in total. The van der Waals surface area contributed by atoms with Crippen LogP contribution in [0, 0.1) is 5.92 Å². The van der Waals surface area contributed by atoms with Gasteiger partial charge in [0, 0.05) is 20.1 Å². The summed E-state index contributed by atoms with van der Waals surface area (Å²) in [6, 6.07) is 0. The molecular formula is C9H17F2NO3. The molecule has 0 fully saturated rings. The lowest BCUT2D eigenvalue weighted by Gasteiger charge is -2.15. The van der Waals surface area contributed by atoms with E-state index in [0.717, 1.165) is 0 Å². The minimum atomic E-state index is -3.25. The summed E-state index contributed by atoms with van der Waals surface area (Å²) in [5, 5.41) is 10.3.